The highest BCUT2D eigenvalue weighted by Gasteiger charge is 1.96. The van der Waals surface area contributed by atoms with E-state index in [1.54, 1.807) is 0 Å². The number of methoxy groups -OCH3 is 1. The zero-order valence-electron chi connectivity index (χ0n) is 15.0. The van der Waals surface area contributed by atoms with Crippen LogP contribution in [0.1, 0.15) is 71.1 Å². The molecule has 0 heterocycles. The maximum Gasteiger partial charge on any atom is 0.305 e. The van der Waals surface area contributed by atoms with Crippen molar-refractivity contribution in [2.24, 2.45) is 0 Å². The summed E-state index contributed by atoms with van der Waals surface area (Å²) in [4.78, 5) is 10.9. The summed E-state index contributed by atoms with van der Waals surface area (Å²) in [7, 11) is 1.44. The van der Waals surface area contributed by atoms with E-state index in [-0.39, 0.29) is 5.97 Å². The number of rotatable bonds is 14. The Morgan fingerprint density at radius 1 is 0.739 bits per heavy atom. The highest BCUT2D eigenvalue weighted by atomic mass is 16.5. The van der Waals surface area contributed by atoms with Gasteiger partial charge in [-0.3, -0.25) is 4.79 Å². The zero-order chi connectivity index (χ0) is 17.0. The Morgan fingerprint density at radius 2 is 1.22 bits per heavy atom. The van der Waals surface area contributed by atoms with E-state index in [1.165, 1.54) is 26.4 Å². The van der Waals surface area contributed by atoms with Crippen LogP contribution in [0.4, 0.5) is 0 Å². The molecule has 0 saturated heterocycles. The van der Waals surface area contributed by atoms with E-state index >= 15 is 0 Å². The van der Waals surface area contributed by atoms with Crippen molar-refractivity contribution in [1.82, 2.24) is 0 Å². The van der Waals surface area contributed by atoms with Gasteiger partial charge in [-0.15, -0.1) is 0 Å². The van der Waals surface area contributed by atoms with E-state index in [9.17, 15) is 4.79 Å². The third-order valence-corrected chi connectivity index (χ3v) is 3.42. The minimum atomic E-state index is -0.113. The van der Waals surface area contributed by atoms with Crippen LogP contribution in [0.15, 0.2) is 48.6 Å². The molecule has 0 spiro atoms. The first-order chi connectivity index (χ1) is 11.3. The van der Waals surface area contributed by atoms with Crippen molar-refractivity contribution in [2.45, 2.75) is 71.1 Å². The van der Waals surface area contributed by atoms with Gasteiger partial charge in [0.05, 0.1) is 7.11 Å². The standard InChI is InChI=1S/C21H34O2/c1-3-4-5-6-7-8-9-10-11-12-13-14-15-16-17-18-19-20-21(22)23-2/h4-5,7-8,10-11,16-17H,3,6,9,12-15,18-20H2,1-2H3/b5-4+,8-7+,11-10+,17-16+. The van der Waals surface area contributed by atoms with Gasteiger partial charge in [-0.25, -0.2) is 0 Å². The molecule has 0 aromatic heterocycles. The number of hydrogen-bond acceptors (Lipinski definition) is 2. The minimum Gasteiger partial charge on any atom is -0.469 e. The maximum absolute atomic E-state index is 10.9. The van der Waals surface area contributed by atoms with Crippen LogP contribution in [0, 0.1) is 0 Å². The normalized spacial score (nSPS) is 12.3. The Hall–Kier alpha value is -1.57. The van der Waals surface area contributed by atoms with Gasteiger partial charge in [0.15, 0.2) is 0 Å². The smallest absolute Gasteiger partial charge is 0.305 e. The highest BCUT2D eigenvalue weighted by Crippen LogP contribution is 2.04. The Balaban J connectivity index is 3.33. The van der Waals surface area contributed by atoms with E-state index < -0.39 is 0 Å². The second-order valence-corrected chi connectivity index (χ2v) is 5.52. The second kappa shape index (κ2) is 18.5. The fraction of sp³-hybridized carbons (Fsp3) is 0.571. The van der Waals surface area contributed by atoms with Gasteiger partial charge >= 0.3 is 5.97 Å². The summed E-state index contributed by atoms with van der Waals surface area (Å²) in [6.45, 7) is 2.16. The van der Waals surface area contributed by atoms with Crippen molar-refractivity contribution in [3.05, 3.63) is 48.6 Å². The highest BCUT2D eigenvalue weighted by molar-refractivity contribution is 5.68. The number of unbranched alkanes of at least 4 members (excludes halogenated alkanes) is 4. The van der Waals surface area contributed by atoms with Crippen LogP contribution in [0.3, 0.4) is 0 Å². The first kappa shape index (κ1) is 21.4. The third kappa shape index (κ3) is 18.4. The van der Waals surface area contributed by atoms with Crippen molar-refractivity contribution in [1.29, 1.82) is 0 Å². The Labute approximate surface area is 143 Å². The molecule has 0 aromatic rings. The van der Waals surface area contributed by atoms with Crippen molar-refractivity contribution in [3.63, 3.8) is 0 Å². The van der Waals surface area contributed by atoms with E-state index in [1.807, 2.05) is 0 Å². The lowest BCUT2D eigenvalue weighted by Gasteiger charge is -1.96. The number of ether oxygens (including phenoxy) is 1. The molecule has 0 rings (SSSR count). The van der Waals surface area contributed by atoms with Gasteiger partial charge in [-0.2, -0.15) is 0 Å². The van der Waals surface area contributed by atoms with Crippen LogP contribution in [-0.2, 0) is 9.53 Å². The van der Waals surface area contributed by atoms with Crippen LogP contribution in [0.2, 0.25) is 0 Å². The Kier molecular flexibility index (Phi) is 17.2. The molecule has 0 saturated carbocycles. The molecule has 0 bridgehead atoms. The van der Waals surface area contributed by atoms with Gasteiger partial charge in [0.25, 0.3) is 0 Å². The molecule has 0 unspecified atom stereocenters. The van der Waals surface area contributed by atoms with Crippen molar-refractivity contribution in [2.75, 3.05) is 7.11 Å². The van der Waals surface area contributed by atoms with Gasteiger partial charge in [0.1, 0.15) is 0 Å². The zero-order valence-corrected chi connectivity index (χ0v) is 15.0. The average molecular weight is 319 g/mol. The lowest BCUT2D eigenvalue weighted by molar-refractivity contribution is -0.140. The SMILES string of the molecule is CC/C=C/C/C=C/C/C=C/CCCC/C=C/CCCC(=O)OC. The molecule has 0 aliphatic carbocycles. The molecule has 0 N–H and O–H groups in total. The lowest BCUT2D eigenvalue weighted by Crippen LogP contribution is -1.98. The summed E-state index contributed by atoms with van der Waals surface area (Å²) in [5.74, 6) is -0.113. The molecule has 130 valence electrons. The summed E-state index contributed by atoms with van der Waals surface area (Å²) < 4.78 is 4.60. The van der Waals surface area contributed by atoms with Crippen molar-refractivity contribution in [3.8, 4) is 0 Å². The van der Waals surface area contributed by atoms with Crippen molar-refractivity contribution < 1.29 is 9.53 Å². The first-order valence-electron chi connectivity index (χ1n) is 8.98. The average Bonchev–Trinajstić information content (AvgIpc) is 2.57. The minimum absolute atomic E-state index is 0.113. The summed E-state index contributed by atoms with van der Waals surface area (Å²) in [6.07, 6.45) is 28.2. The summed E-state index contributed by atoms with van der Waals surface area (Å²) in [5, 5.41) is 0. The maximum atomic E-state index is 10.9. The molecule has 0 amide bonds. The number of carbonyl (C=O) groups is 1. The summed E-state index contributed by atoms with van der Waals surface area (Å²) in [6, 6.07) is 0. The monoisotopic (exact) mass is 318 g/mol. The molecular formula is C21H34O2. The molecule has 2 heteroatoms. The van der Waals surface area contributed by atoms with Gasteiger partial charge in [0.2, 0.25) is 0 Å². The fourth-order valence-corrected chi connectivity index (χ4v) is 2.05. The number of allylic oxidation sites excluding steroid dienone is 8. The van der Waals surface area contributed by atoms with E-state index in [0.717, 1.165) is 38.5 Å². The summed E-state index contributed by atoms with van der Waals surface area (Å²) >= 11 is 0. The topological polar surface area (TPSA) is 26.3 Å². The number of carbonyl (C=O) groups excluding carboxylic acids is 1. The number of hydrogen-bond donors (Lipinski definition) is 0. The molecule has 2 nitrogen and oxygen atoms in total. The Bertz CT molecular complexity index is 375. The van der Waals surface area contributed by atoms with Gasteiger partial charge in [0, 0.05) is 6.42 Å². The predicted octanol–water partition coefficient (Wildman–Crippen LogP) is 6.31. The molecule has 0 aliphatic rings. The predicted molar refractivity (Wildman–Crippen MR) is 100 cm³/mol. The van der Waals surface area contributed by atoms with Gasteiger partial charge in [-0.05, 0) is 57.8 Å². The molecule has 0 aromatic carbocycles. The van der Waals surface area contributed by atoms with Gasteiger partial charge < -0.3 is 4.74 Å². The van der Waals surface area contributed by atoms with E-state index in [4.69, 9.17) is 0 Å². The second-order valence-electron chi connectivity index (χ2n) is 5.52. The lowest BCUT2D eigenvalue weighted by atomic mass is 10.1. The first-order valence-corrected chi connectivity index (χ1v) is 8.98. The fourth-order valence-electron chi connectivity index (χ4n) is 2.05. The molecular weight excluding hydrogens is 284 g/mol. The molecule has 0 radical (unpaired) electrons. The molecule has 0 fully saturated rings. The largest absolute Gasteiger partial charge is 0.469 e. The third-order valence-electron chi connectivity index (χ3n) is 3.42. The van der Waals surface area contributed by atoms with E-state index in [2.05, 4.69) is 60.3 Å². The Morgan fingerprint density at radius 3 is 1.78 bits per heavy atom. The molecule has 0 atom stereocenters. The molecule has 23 heavy (non-hydrogen) atoms. The molecule has 0 aliphatic heterocycles. The van der Waals surface area contributed by atoms with Crippen LogP contribution >= 0.6 is 0 Å². The van der Waals surface area contributed by atoms with Crippen molar-refractivity contribution >= 4 is 5.97 Å². The van der Waals surface area contributed by atoms with Crippen LogP contribution in [0.25, 0.3) is 0 Å². The van der Waals surface area contributed by atoms with Gasteiger partial charge in [-0.1, -0.05) is 55.5 Å². The van der Waals surface area contributed by atoms with E-state index in [0.29, 0.717) is 6.42 Å². The summed E-state index contributed by atoms with van der Waals surface area (Å²) in [5.41, 5.74) is 0. The number of esters is 1. The van der Waals surface area contributed by atoms with Crippen LogP contribution in [0.5, 0.6) is 0 Å². The van der Waals surface area contributed by atoms with Crippen LogP contribution < -0.4 is 0 Å². The quantitative estimate of drug-likeness (QED) is 0.213. The van der Waals surface area contributed by atoms with Crippen LogP contribution in [-0.4, -0.2) is 13.1 Å².